The summed E-state index contributed by atoms with van der Waals surface area (Å²) in [7, 11) is -0.895. The van der Waals surface area contributed by atoms with Crippen LogP contribution in [0.25, 0.3) is 0 Å². The smallest absolute Gasteiger partial charge is 0.224 e. The van der Waals surface area contributed by atoms with Crippen molar-refractivity contribution in [3.63, 3.8) is 0 Å². The fourth-order valence-electron chi connectivity index (χ4n) is 0.534. The van der Waals surface area contributed by atoms with E-state index in [1.54, 1.807) is 13.2 Å². The molecule has 0 fully saturated rings. The molecule has 1 rings (SSSR count). The fourth-order valence-corrected chi connectivity index (χ4v) is 1.02. The Labute approximate surface area is 54.1 Å². The number of thiol groups is 1. The Morgan fingerprint density at radius 2 is 2.33 bits per heavy atom. The molecule has 0 atom stereocenters. The van der Waals surface area contributed by atoms with Crippen LogP contribution in [0.2, 0.25) is 0 Å². The first-order chi connectivity index (χ1) is 4.22. The van der Waals surface area contributed by atoms with Crippen LogP contribution in [0.15, 0.2) is 17.6 Å². The van der Waals surface area contributed by atoms with E-state index in [4.69, 9.17) is 0 Å². The number of aryl methyl sites for hydroxylation is 1. The summed E-state index contributed by atoms with van der Waals surface area (Å²) in [5.41, 5.74) is 0. The lowest BCUT2D eigenvalue weighted by Gasteiger charge is -1.87. The van der Waals surface area contributed by atoms with Crippen molar-refractivity contribution < 1.29 is 8.42 Å². The SMILES string of the molecule is Cn1ccnc1[SH](=O)=O. The first kappa shape index (κ1) is 6.28. The molecule has 0 aromatic carbocycles. The van der Waals surface area contributed by atoms with Gasteiger partial charge in [-0.05, 0) is 0 Å². The van der Waals surface area contributed by atoms with E-state index in [2.05, 4.69) is 4.98 Å². The molecule has 0 unspecified atom stereocenters. The molecule has 5 heteroatoms. The predicted octanol–water partition coefficient (Wildman–Crippen LogP) is -0.610. The van der Waals surface area contributed by atoms with Gasteiger partial charge in [-0.3, -0.25) is 0 Å². The van der Waals surface area contributed by atoms with E-state index in [1.165, 1.54) is 10.8 Å². The maximum atomic E-state index is 10.2. The van der Waals surface area contributed by atoms with Crippen molar-refractivity contribution in [3.8, 4) is 0 Å². The largest absolute Gasteiger partial charge is 0.325 e. The summed E-state index contributed by atoms with van der Waals surface area (Å²) in [4.78, 5) is 3.58. The average Bonchev–Trinajstić information content (AvgIpc) is 2.13. The van der Waals surface area contributed by atoms with Crippen molar-refractivity contribution in [1.29, 1.82) is 0 Å². The van der Waals surface area contributed by atoms with E-state index in [9.17, 15) is 8.42 Å². The maximum Gasteiger partial charge on any atom is 0.224 e. The van der Waals surface area contributed by atoms with E-state index >= 15 is 0 Å². The normalized spacial score (nSPS) is 10.4. The molecule has 9 heavy (non-hydrogen) atoms. The van der Waals surface area contributed by atoms with E-state index in [0.717, 1.165) is 0 Å². The van der Waals surface area contributed by atoms with Crippen LogP contribution in [-0.4, -0.2) is 18.0 Å². The van der Waals surface area contributed by atoms with Gasteiger partial charge in [0, 0.05) is 19.4 Å². The fraction of sp³-hybridized carbons (Fsp3) is 0.250. The third kappa shape index (κ3) is 1.10. The molecule has 0 radical (unpaired) electrons. The van der Waals surface area contributed by atoms with Gasteiger partial charge >= 0.3 is 0 Å². The monoisotopic (exact) mass is 146 g/mol. The Morgan fingerprint density at radius 3 is 2.56 bits per heavy atom. The van der Waals surface area contributed by atoms with Crippen LogP contribution in [0, 0.1) is 0 Å². The molecule has 0 N–H and O–H groups in total. The Morgan fingerprint density at radius 1 is 1.67 bits per heavy atom. The van der Waals surface area contributed by atoms with Crippen LogP contribution in [0.3, 0.4) is 0 Å². The number of hydrogen-bond donors (Lipinski definition) is 1. The van der Waals surface area contributed by atoms with Crippen molar-refractivity contribution in [2.45, 2.75) is 5.16 Å². The second-order valence-electron chi connectivity index (χ2n) is 1.60. The summed E-state index contributed by atoms with van der Waals surface area (Å²) in [5.74, 6) is 0. The second-order valence-corrected chi connectivity index (χ2v) is 2.51. The van der Waals surface area contributed by atoms with Crippen molar-refractivity contribution in [2.75, 3.05) is 0 Å². The lowest BCUT2D eigenvalue weighted by atomic mass is 10.9. The highest BCUT2D eigenvalue weighted by Gasteiger charge is 1.97. The zero-order valence-electron chi connectivity index (χ0n) is 4.81. The standard InChI is InChI=1S/C4H6N2O2S/c1-6-3-2-5-4(6)9(7)8/h2-3,9H,1H3. The van der Waals surface area contributed by atoms with Gasteiger partial charge in [-0.2, -0.15) is 0 Å². The molecule has 0 saturated heterocycles. The molecule has 0 bridgehead atoms. The second kappa shape index (κ2) is 2.18. The van der Waals surface area contributed by atoms with Crippen molar-refractivity contribution >= 4 is 10.7 Å². The van der Waals surface area contributed by atoms with Gasteiger partial charge in [0.1, 0.15) is 0 Å². The molecule has 0 amide bonds. The van der Waals surface area contributed by atoms with Gasteiger partial charge in [-0.25, -0.2) is 13.4 Å². The van der Waals surface area contributed by atoms with E-state index < -0.39 is 10.7 Å². The lowest BCUT2D eigenvalue weighted by Crippen LogP contribution is -1.92. The highest BCUT2D eigenvalue weighted by atomic mass is 32.2. The van der Waals surface area contributed by atoms with Gasteiger partial charge in [0.2, 0.25) is 15.9 Å². The molecular weight excluding hydrogens is 140 g/mol. The molecule has 0 saturated carbocycles. The summed E-state index contributed by atoms with van der Waals surface area (Å²) in [5, 5.41) is 0.102. The van der Waals surface area contributed by atoms with Crippen molar-refractivity contribution in [3.05, 3.63) is 12.4 Å². The summed E-state index contributed by atoms with van der Waals surface area (Å²) in [6, 6.07) is 0. The maximum absolute atomic E-state index is 10.2. The molecule has 50 valence electrons. The molecule has 0 aliphatic heterocycles. The summed E-state index contributed by atoms with van der Waals surface area (Å²) in [6.45, 7) is 0. The van der Waals surface area contributed by atoms with Crippen molar-refractivity contribution in [2.24, 2.45) is 7.05 Å². The Balaban J connectivity index is 3.23. The molecule has 4 nitrogen and oxygen atoms in total. The third-order valence-corrected chi connectivity index (χ3v) is 1.72. The molecule has 0 aliphatic carbocycles. The minimum absolute atomic E-state index is 0.102. The number of imidazole rings is 1. The summed E-state index contributed by atoms with van der Waals surface area (Å²) in [6.07, 6.45) is 3.03. The van der Waals surface area contributed by atoms with Gasteiger partial charge in [0.15, 0.2) is 0 Å². The third-order valence-electron chi connectivity index (χ3n) is 0.959. The van der Waals surface area contributed by atoms with Crippen LogP contribution in [0.1, 0.15) is 0 Å². The van der Waals surface area contributed by atoms with Gasteiger partial charge < -0.3 is 4.57 Å². The first-order valence-electron chi connectivity index (χ1n) is 2.33. The topological polar surface area (TPSA) is 52.0 Å². The summed E-state index contributed by atoms with van der Waals surface area (Å²) >= 11 is 0. The number of hydrogen-bond acceptors (Lipinski definition) is 3. The quantitative estimate of drug-likeness (QED) is 0.538. The van der Waals surface area contributed by atoms with Crippen LogP contribution in [0.5, 0.6) is 0 Å². The Hall–Kier alpha value is -0.840. The minimum atomic E-state index is -2.53. The van der Waals surface area contributed by atoms with Crippen LogP contribution in [0.4, 0.5) is 0 Å². The van der Waals surface area contributed by atoms with E-state index in [1.807, 2.05) is 0 Å². The molecular formula is C4H6N2O2S. The molecule has 1 aromatic heterocycles. The lowest BCUT2D eigenvalue weighted by molar-refractivity contribution is 0.599. The number of aromatic nitrogens is 2. The van der Waals surface area contributed by atoms with E-state index in [-0.39, 0.29) is 5.16 Å². The zero-order valence-corrected chi connectivity index (χ0v) is 5.71. The van der Waals surface area contributed by atoms with Crippen molar-refractivity contribution in [1.82, 2.24) is 9.55 Å². The van der Waals surface area contributed by atoms with Crippen LogP contribution >= 0.6 is 0 Å². The molecule has 0 aliphatic rings. The van der Waals surface area contributed by atoms with Crippen LogP contribution in [-0.2, 0) is 17.8 Å². The van der Waals surface area contributed by atoms with E-state index in [0.29, 0.717) is 0 Å². The van der Waals surface area contributed by atoms with Gasteiger partial charge in [0.05, 0.1) is 0 Å². The first-order valence-corrected chi connectivity index (χ1v) is 3.51. The molecule has 1 heterocycles. The van der Waals surface area contributed by atoms with Crippen LogP contribution < -0.4 is 0 Å². The van der Waals surface area contributed by atoms with Gasteiger partial charge in [-0.15, -0.1) is 0 Å². The predicted molar refractivity (Wildman–Crippen MR) is 31.8 cm³/mol. The highest BCUT2D eigenvalue weighted by Crippen LogP contribution is 1.92. The number of nitrogens with zero attached hydrogens (tertiary/aromatic N) is 2. The number of rotatable bonds is 1. The summed E-state index contributed by atoms with van der Waals surface area (Å²) < 4.78 is 21.9. The molecule has 1 aromatic rings. The Kier molecular flexibility index (Phi) is 1.52. The zero-order chi connectivity index (χ0) is 6.85. The average molecular weight is 146 g/mol. The highest BCUT2D eigenvalue weighted by molar-refractivity contribution is 7.72. The van der Waals surface area contributed by atoms with Gasteiger partial charge in [0.25, 0.3) is 0 Å². The van der Waals surface area contributed by atoms with Gasteiger partial charge in [-0.1, -0.05) is 0 Å². The Bertz CT molecular complexity index is 268. The molecule has 0 spiro atoms. The minimum Gasteiger partial charge on any atom is -0.325 e.